The summed E-state index contributed by atoms with van der Waals surface area (Å²) in [7, 11) is -2.52. The molecule has 0 bridgehead atoms. The number of benzene rings is 3. The minimum Gasteiger partial charge on any atom is -0.495 e. The molecule has 0 aromatic heterocycles. The van der Waals surface area contributed by atoms with Gasteiger partial charge in [0.05, 0.1) is 19.1 Å². The summed E-state index contributed by atoms with van der Waals surface area (Å²) in [6.07, 6.45) is 2.87. The van der Waals surface area contributed by atoms with Gasteiger partial charge in [0.2, 0.25) is 21.8 Å². The zero-order valence-corrected chi connectivity index (χ0v) is 24.8. The molecule has 3 aromatic carbocycles. The number of anilines is 1. The van der Waals surface area contributed by atoms with Crippen molar-refractivity contribution < 1.29 is 27.1 Å². The predicted octanol–water partition coefficient (Wildman–Crippen LogP) is 4.47. The Morgan fingerprint density at radius 1 is 1.00 bits per heavy atom. The Bertz CT molecular complexity index is 1420. The average Bonchev–Trinajstić information content (AvgIpc) is 2.94. The fraction of sp³-hybridized carbons (Fsp3) is 0.355. The first kappa shape index (κ1) is 31.6. The molecule has 8 nitrogen and oxygen atoms in total. The van der Waals surface area contributed by atoms with Crippen LogP contribution < -0.4 is 14.4 Å². The molecule has 2 amide bonds. The molecular weight excluding hydrogens is 545 g/mol. The van der Waals surface area contributed by atoms with E-state index in [1.165, 1.54) is 24.1 Å². The second-order valence-electron chi connectivity index (χ2n) is 9.94. The van der Waals surface area contributed by atoms with Gasteiger partial charge in [0.15, 0.2) is 0 Å². The van der Waals surface area contributed by atoms with E-state index < -0.39 is 34.3 Å². The number of amides is 2. The summed E-state index contributed by atoms with van der Waals surface area (Å²) in [4.78, 5) is 29.1. The van der Waals surface area contributed by atoms with Gasteiger partial charge in [-0.2, -0.15) is 0 Å². The van der Waals surface area contributed by atoms with Gasteiger partial charge in [0, 0.05) is 19.5 Å². The summed E-state index contributed by atoms with van der Waals surface area (Å²) in [6.45, 7) is 3.67. The van der Waals surface area contributed by atoms with Crippen LogP contribution in [0.1, 0.15) is 36.5 Å². The second-order valence-corrected chi connectivity index (χ2v) is 11.8. The average molecular weight is 584 g/mol. The van der Waals surface area contributed by atoms with E-state index in [1.807, 2.05) is 44.2 Å². The summed E-state index contributed by atoms with van der Waals surface area (Å²) >= 11 is 0. The highest BCUT2D eigenvalue weighted by Gasteiger charge is 2.33. The zero-order chi connectivity index (χ0) is 30.0. The molecule has 220 valence electrons. The van der Waals surface area contributed by atoms with Crippen molar-refractivity contribution in [1.82, 2.24) is 10.2 Å². The molecule has 3 rings (SSSR count). The lowest BCUT2D eigenvalue weighted by atomic mass is 10.0. The van der Waals surface area contributed by atoms with Crippen LogP contribution in [0.5, 0.6) is 5.75 Å². The van der Waals surface area contributed by atoms with E-state index >= 15 is 0 Å². The highest BCUT2D eigenvalue weighted by atomic mass is 32.2. The van der Waals surface area contributed by atoms with Crippen LogP contribution in [0, 0.1) is 12.7 Å². The number of carbonyl (C=O) groups excluding carboxylic acids is 2. The van der Waals surface area contributed by atoms with Crippen molar-refractivity contribution in [2.75, 3.05) is 30.8 Å². The van der Waals surface area contributed by atoms with E-state index in [-0.39, 0.29) is 30.3 Å². The maximum atomic E-state index is 14.1. The van der Waals surface area contributed by atoms with E-state index in [2.05, 4.69) is 5.32 Å². The first-order valence-corrected chi connectivity index (χ1v) is 15.4. The van der Waals surface area contributed by atoms with Crippen molar-refractivity contribution in [3.05, 3.63) is 95.3 Å². The molecule has 0 saturated carbocycles. The minimum absolute atomic E-state index is 0.0274. The van der Waals surface area contributed by atoms with Gasteiger partial charge >= 0.3 is 0 Å². The number of unbranched alkanes of at least 4 members (excludes halogenated alkanes) is 1. The quantitative estimate of drug-likeness (QED) is 0.283. The number of hydrogen-bond acceptors (Lipinski definition) is 5. The van der Waals surface area contributed by atoms with Crippen LogP contribution in [-0.2, 0) is 32.6 Å². The Kier molecular flexibility index (Phi) is 11.3. The summed E-state index contributed by atoms with van der Waals surface area (Å²) in [5.74, 6) is -1.08. The van der Waals surface area contributed by atoms with Gasteiger partial charge in [0.1, 0.15) is 24.2 Å². The lowest BCUT2D eigenvalue weighted by molar-refractivity contribution is -0.140. The third-order valence-electron chi connectivity index (χ3n) is 6.65. The first-order chi connectivity index (χ1) is 19.5. The topological polar surface area (TPSA) is 96.0 Å². The van der Waals surface area contributed by atoms with Crippen molar-refractivity contribution >= 4 is 27.5 Å². The fourth-order valence-electron chi connectivity index (χ4n) is 4.44. The Balaban J connectivity index is 2.07. The molecule has 10 heteroatoms. The number of ether oxygens (including phenoxy) is 1. The highest BCUT2D eigenvalue weighted by molar-refractivity contribution is 7.92. The summed E-state index contributed by atoms with van der Waals surface area (Å²) < 4.78 is 46.1. The Morgan fingerprint density at radius 2 is 1.68 bits per heavy atom. The largest absolute Gasteiger partial charge is 0.495 e. The minimum atomic E-state index is -3.94. The SMILES string of the molecule is CCCCNC(=O)C(Cc1ccccc1)N(Cc1ccc(F)cc1)C(=O)CN(c1cc(C)ccc1OC)S(C)(=O)=O. The molecule has 0 aliphatic carbocycles. The molecule has 3 aromatic rings. The standard InChI is InChI=1S/C31H38FN3O5S/c1-5-6-18-33-31(37)28(20-24-10-8-7-9-11-24)34(21-25-13-15-26(32)16-14-25)30(36)22-35(41(4,38)39)27-19-23(2)12-17-29(27)40-3/h7-17,19,28H,5-6,18,20-22H2,1-4H3,(H,33,37). The number of hydrogen-bond donors (Lipinski definition) is 1. The molecule has 1 atom stereocenters. The maximum Gasteiger partial charge on any atom is 0.244 e. The fourth-order valence-corrected chi connectivity index (χ4v) is 5.28. The van der Waals surface area contributed by atoms with Gasteiger partial charge < -0.3 is 15.0 Å². The van der Waals surface area contributed by atoms with Crippen LogP contribution >= 0.6 is 0 Å². The Hall–Kier alpha value is -3.92. The maximum absolute atomic E-state index is 14.1. The number of carbonyl (C=O) groups is 2. The molecule has 0 heterocycles. The van der Waals surface area contributed by atoms with Crippen LogP contribution in [0.4, 0.5) is 10.1 Å². The summed E-state index contributed by atoms with van der Waals surface area (Å²) in [5.41, 5.74) is 2.43. The van der Waals surface area contributed by atoms with Crippen LogP contribution in [0.3, 0.4) is 0 Å². The molecule has 0 saturated heterocycles. The smallest absolute Gasteiger partial charge is 0.244 e. The third-order valence-corrected chi connectivity index (χ3v) is 7.78. The van der Waals surface area contributed by atoms with Gasteiger partial charge in [-0.15, -0.1) is 0 Å². The highest BCUT2D eigenvalue weighted by Crippen LogP contribution is 2.31. The monoisotopic (exact) mass is 583 g/mol. The van der Waals surface area contributed by atoms with Gasteiger partial charge in [0.25, 0.3) is 0 Å². The van der Waals surface area contributed by atoms with Crippen molar-refractivity contribution in [2.45, 2.75) is 45.7 Å². The number of halogens is 1. The van der Waals surface area contributed by atoms with Crippen molar-refractivity contribution in [1.29, 1.82) is 0 Å². The number of nitrogens with one attached hydrogen (secondary N) is 1. The number of rotatable bonds is 14. The van der Waals surface area contributed by atoms with Crippen LogP contribution in [0.2, 0.25) is 0 Å². The molecule has 0 radical (unpaired) electrons. The molecule has 41 heavy (non-hydrogen) atoms. The predicted molar refractivity (Wildman–Crippen MR) is 159 cm³/mol. The summed E-state index contributed by atoms with van der Waals surface area (Å²) in [6, 6.07) is 19.1. The van der Waals surface area contributed by atoms with Gasteiger partial charge in [-0.05, 0) is 54.3 Å². The lowest BCUT2D eigenvalue weighted by Crippen LogP contribution is -2.53. The zero-order valence-electron chi connectivity index (χ0n) is 24.0. The Morgan fingerprint density at radius 3 is 2.29 bits per heavy atom. The van der Waals surface area contributed by atoms with E-state index in [9.17, 15) is 22.4 Å². The van der Waals surface area contributed by atoms with Crippen LogP contribution in [0.25, 0.3) is 0 Å². The second kappa shape index (κ2) is 14.6. The van der Waals surface area contributed by atoms with Crippen LogP contribution in [0.15, 0.2) is 72.8 Å². The molecule has 1 N–H and O–H groups in total. The van der Waals surface area contributed by atoms with E-state index in [1.54, 1.807) is 30.3 Å². The van der Waals surface area contributed by atoms with Gasteiger partial charge in [-0.3, -0.25) is 13.9 Å². The lowest BCUT2D eigenvalue weighted by Gasteiger charge is -2.33. The van der Waals surface area contributed by atoms with E-state index in [0.717, 1.165) is 34.5 Å². The van der Waals surface area contributed by atoms with Gasteiger partial charge in [-0.1, -0.05) is 61.9 Å². The molecule has 0 aliphatic heterocycles. The van der Waals surface area contributed by atoms with E-state index in [0.29, 0.717) is 12.1 Å². The van der Waals surface area contributed by atoms with Crippen molar-refractivity contribution in [3.8, 4) is 5.75 Å². The normalized spacial score (nSPS) is 11.9. The number of nitrogens with zero attached hydrogens (tertiary/aromatic N) is 2. The van der Waals surface area contributed by atoms with Crippen molar-refractivity contribution in [3.63, 3.8) is 0 Å². The molecule has 0 spiro atoms. The Labute approximate surface area is 242 Å². The van der Waals surface area contributed by atoms with Crippen LogP contribution in [-0.4, -0.2) is 57.6 Å². The summed E-state index contributed by atoms with van der Waals surface area (Å²) in [5, 5.41) is 2.93. The van der Waals surface area contributed by atoms with Crippen molar-refractivity contribution in [2.24, 2.45) is 0 Å². The molecule has 0 aliphatic rings. The molecule has 1 unspecified atom stereocenters. The number of aryl methyl sites for hydroxylation is 1. The number of sulfonamides is 1. The van der Waals surface area contributed by atoms with E-state index in [4.69, 9.17) is 4.74 Å². The molecular formula is C31H38FN3O5S. The van der Waals surface area contributed by atoms with Gasteiger partial charge in [-0.25, -0.2) is 12.8 Å². The number of methoxy groups -OCH3 is 1. The third kappa shape index (κ3) is 9.04. The molecule has 0 fully saturated rings. The first-order valence-electron chi connectivity index (χ1n) is 13.5.